The molecule has 25 heavy (non-hydrogen) atoms. The van der Waals surface area contributed by atoms with Crippen molar-refractivity contribution in [3.05, 3.63) is 28.2 Å². The van der Waals surface area contributed by atoms with Crippen molar-refractivity contribution < 1.29 is 14.3 Å². The van der Waals surface area contributed by atoms with Gasteiger partial charge in [-0.25, -0.2) is 4.98 Å². The van der Waals surface area contributed by atoms with Crippen molar-refractivity contribution in [1.29, 1.82) is 0 Å². The van der Waals surface area contributed by atoms with Crippen molar-refractivity contribution in [3.63, 3.8) is 0 Å². The van der Waals surface area contributed by atoms with Crippen LogP contribution < -0.4 is 15.0 Å². The second-order valence-electron chi connectivity index (χ2n) is 6.07. The van der Waals surface area contributed by atoms with Crippen LogP contribution in [0.25, 0.3) is 11.0 Å². The molecule has 0 saturated heterocycles. The highest BCUT2D eigenvalue weighted by atomic mass is 16.5. The van der Waals surface area contributed by atoms with Crippen LogP contribution in [-0.4, -0.2) is 47.7 Å². The average Bonchev–Trinajstić information content (AvgIpc) is 2.62. The number of carbonyl (C=O) groups excluding carboxylic acids is 1. The third-order valence-electron chi connectivity index (χ3n) is 4.47. The summed E-state index contributed by atoms with van der Waals surface area (Å²) in [4.78, 5) is 31.3. The minimum absolute atomic E-state index is 0.0325. The lowest BCUT2D eigenvalue weighted by molar-refractivity contribution is 0.0728. The number of carbonyl (C=O) groups is 1. The van der Waals surface area contributed by atoms with Crippen LogP contribution in [0, 0.1) is 0 Å². The quantitative estimate of drug-likeness (QED) is 0.801. The van der Waals surface area contributed by atoms with Gasteiger partial charge in [-0.15, -0.1) is 0 Å². The molecule has 1 amide bonds. The van der Waals surface area contributed by atoms with Crippen molar-refractivity contribution in [1.82, 2.24) is 14.5 Å². The number of ether oxygens (including phenoxy) is 2. The van der Waals surface area contributed by atoms with E-state index in [9.17, 15) is 9.59 Å². The van der Waals surface area contributed by atoms with Gasteiger partial charge in [-0.1, -0.05) is 13.3 Å². The normalized spacial score (nSPS) is 12.1. The lowest BCUT2D eigenvalue weighted by Gasteiger charge is -2.24. The first-order chi connectivity index (χ1) is 11.8. The van der Waals surface area contributed by atoms with Gasteiger partial charge < -0.3 is 18.9 Å². The first-order valence-corrected chi connectivity index (χ1v) is 8.25. The number of methoxy groups -OCH3 is 2. The Bertz CT molecular complexity index is 844. The topological polar surface area (TPSA) is 73.7 Å². The first kappa shape index (κ1) is 18.8. The molecule has 7 heteroatoms. The second-order valence-corrected chi connectivity index (χ2v) is 6.07. The summed E-state index contributed by atoms with van der Waals surface area (Å²) in [6.07, 6.45) is 1.82. The van der Waals surface area contributed by atoms with Gasteiger partial charge in [0.1, 0.15) is 0 Å². The molecule has 0 aliphatic carbocycles. The van der Waals surface area contributed by atoms with E-state index in [4.69, 9.17) is 9.47 Å². The predicted molar refractivity (Wildman–Crippen MR) is 96.6 cm³/mol. The zero-order chi connectivity index (χ0) is 18.7. The van der Waals surface area contributed by atoms with Crippen LogP contribution in [0.15, 0.2) is 16.9 Å². The van der Waals surface area contributed by atoms with E-state index >= 15 is 0 Å². The second kappa shape index (κ2) is 7.55. The fourth-order valence-electron chi connectivity index (χ4n) is 2.77. The standard InChI is InChI=1S/C18H25N3O4/c1-7-8-11(2)20(3)17(22)16-18(23)21(4)13-10-15(25-6)14(24-5)9-12(13)19-16/h9-11H,7-8H2,1-6H3/t11-/m1/s1. The van der Waals surface area contributed by atoms with Crippen LogP contribution in [0.1, 0.15) is 37.2 Å². The number of aromatic nitrogens is 2. The number of fused-ring (bicyclic) bond motifs is 1. The molecule has 0 bridgehead atoms. The molecule has 0 fully saturated rings. The maximum absolute atomic E-state index is 12.7. The molecule has 1 heterocycles. The molecule has 7 nitrogen and oxygen atoms in total. The van der Waals surface area contributed by atoms with E-state index in [1.807, 2.05) is 6.92 Å². The summed E-state index contributed by atoms with van der Waals surface area (Å²) in [7, 11) is 6.36. The first-order valence-electron chi connectivity index (χ1n) is 8.25. The monoisotopic (exact) mass is 347 g/mol. The molecular formula is C18H25N3O4. The zero-order valence-corrected chi connectivity index (χ0v) is 15.6. The van der Waals surface area contributed by atoms with Crippen molar-refractivity contribution in [2.24, 2.45) is 7.05 Å². The van der Waals surface area contributed by atoms with Crippen molar-refractivity contribution in [3.8, 4) is 11.5 Å². The van der Waals surface area contributed by atoms with Crippen LogP contribution in [0.2, 0.25) is 0 Å². The molecule has 1 atom stereocenters. The lowest BCUT2D eigenvalue weighted by atomic mass is 10.1. The summed E-state index contributed by atoms with van der Waals surface area (Å²) in [5.74, 6) is 0.616. The molecule has 1 aromatic carbocycles. The molecule has 0 aliphatic rings. The molecule has 1 aromatic heterocycles. The van der Waals surface area contributed by atoms with Crippen LogP contribution in [0.4, 0.5) is 0 Å². The molecule has 0 N–H and O–H groups in total. The van der Waals surface area contributed by atoms with Gasteiger partial charge in [-0.3, -0.25) is 9.59 Å². The summed E-state index contributed by atoms with van der Waals surface area (Å²) >= 11 is 0. The molecule has 0 radical (unpaired) electrons. The maximum atomic E-state index is 12.7. The number of hydrogen-bond acceptors (Lipinski definition) is 5. The minimum Gasteiger partial charge on any atom is -0.493 e. The van der Waals surface area contributed by atoms with Gasteiger partial charge in [0.05, 0.1) is 25.3 Å². The minimum atomic E-state index is -0.430. The number of amides is 1. The number of nitrogens with zero attached hydrogens (tertiary/aromatic N) is 3. The summed E-state index contributed by atoms with van der Waals surface area (Å²) in [5.41, 5.74) is 0.552. The molecule has 2 aromatic rings. The van der Waals surface area contributed by atoms with Gasteiger partial charge in [0.15, 0.2) is 17.2 Å². The Morgan fingerprint density at radius 3 is 2.44 bits per heavy atom. The summed E-state index contributed by atoms with van der Waals surface area (Å²) in [5, 5.41) is 0. The van der Waals surface area contributed by atoms with E-state index in [0.717, 1.165) is 12.8 Å². The largest absolute Gasteiger partial charge is 0.493 e. The molecule has 0 unspecified atom stereocenters. The predicted octanol–water partition coefficient (Wildman–Crippen LogP) is 2.21. The Balaban J connectivity index is 2.60. The van der Waals surface area contributed by atoms with E-state index in [-0.39, 0.29) is 17.6 Å². The van der Waals surface area contributed by atoms with Gasteiger partial charge in [-0.2, -0.15) is 0 Å². The van der Waals surface area contributed by atoms with Crippen LogP contribution >= 0.6 is 0 Å². The van der Waals surface area contributed by atoms with E-state index < -0.39 is 5.56 Å². The average molecular weight is 347 g/mol. The van der Waals surface area contributed by atoms with E-state index in [0.29, 0.717) is 22.5 Å². The lowest BCUT2D eigenvalue weighted by Crippen LogP contribution is -2.39. The Kier molecular flexibility index (Phi) is 5.66. The van der Waals surface area contributed by atoms with Crippen molar-refractivity contribution >= 4 is 16.9 Å². The zero-order valence-electron chi connectivity index (χ0n) is 15.6. The summed E-state index contributed by atoms with van der Waals surface area (Å²) in [6, 6.07) is 3.38. The van der Waals surface area contributed by atoms with E-state index in [1.54, 1.807) is 31.1 Å². The molecule has 0 spiro atoms. The van der Waals surface area contributed by atoms with Crippen molar-refractivity contribution in [2.45, 2.75) is 32.7 Å². The van der Waals surface area contributed by atoms with Gasteiger partial charge in [-0.05, 0) is 13.3 Å². The Hall–Kier alpha value is -2.57. The molecule has 0 aliphatic heterocycles. The van der Waals surface area contributed by atoms with Crippen LogP contribution in [0.3, 0.4) is 0 Å². The number of benzene rings is 1. The number of hydrogen-bond donors (Lipinski definition) is 0. The third-order valence-corrected chi connectivity index (χ3v) is 4.47. The van der Waals surface area contributed by atoms with Crippen molar-refractivity contribution in [2.75, 3.05) is 21.3 Å². The SMILES string of the molecule is CCC[C@@H](C)N(C)C(=O)c1nc2cc(OC)c(OC)cc2n(C)c1=O. The number of rotatable bonds is 6. The van der Waals surface area contributed by atoms with Crippen LogP contribution in [0.5, 0.6) is 11.5 Å². The van der Waals surface area contributed by atoms with E-state index in [2.05, 4.69) is 11.9 Å². The smallest absolute Gasteiger partial charge is 0.282 e. The molecule has 0 saturated carbocycles. The fraction of sp³-hybridized carbons (Fsp3) is 0.500. The fourth-order valence-corrected chi connectivity index (χ4v) is 2.77. The molecule has 136 valence electrons. The molecular weight excluding hydrogens is 322 g/mol. The maximum Gasteiger partial charge on any atom is 0.282 e. The Labute approximate surface area is 147 Å². The number of aryl methyl sites for hydroxylation is 1. The highest BCUT2D eigenvalue weighted by molar-refractivity contribution is 5.94. The van der Waals surface area contributed by atoms with Gasteiger partial charge in [0.25, 0.3) is 11.5 Å². The molecule has 2 rings (SSSR count). The van der Waals surface area contributed by atoms with E-state index in [1.165, 1.54) is 18.8 Å². The summed E-state index contributed by atoms with van der Waals surface area (Å²) < 4.78 is 12.0. The van der Waals surface area contributed by atoms with Gasteiger partial charge >= 0.3 is 0 Å². The van der Waals surface area contributed by atoms with Crippen LogP contribution in [-0.2, 0) is 7.05 Å². The van der Waals surface area contributed by atoms with Gasteiger partial charge in [0.2, 0.25) is 0 Å². The highest BCUT2D eigenvalue weighted by Gasteiger charge is 2.23. The van der Waals surface area contributed by atoms with Gasteiger partial charge in [0, 0.05) is 32.3 Å². The highest BCUT2D eigenvalue weighted by Crippen LogP contribution is 2.30. The Morgan fingerprint density at radius 1 is 1.28 bits per heavy atom. The Morgan fingerprint density at radius 2 is 1.88 bits per heavy atom. The summed E-state index contributed by atoms with van der Waals surface area (Å²) in [6.45, 7) is 4.02. The third kappa shape index (κ3) is 3.45.